The lowest BCUT2D eigenvalue weighted by molar-refractivity contribution is 0.0396. The van der Waals surface area contributed by atoms with Crippen molar-refractivity contribution in [2.75, 3.05) is 0 Å². The van der Waals surface area contributed by atoms with E-state index in [9.17, 15) is 0 Å². The van der Waals surface area contributed by atoms with Gasteiger partial charge >= 0.3 is 27.4 Å². The van der Waals surface area contributed by atoms with E-state index in [2.05, 4.69) is 0 Å². The summed E-state index contributed by atoms with van der Waals surface area (Å²) in [5, 5.41) is 0. The van der Waals surface area contributed by atoms with Gasteiger partial charge in [0.15, 0.2) is 0 Å². The maximum Gasteiger partial charge on any atom is 0.479 e. The van der Waals surface area contributed by atoms with Gasteiger partial charge in [-0.1, -0.05) is 0 Å². The Hall–Kier alpha value is 0.491. The predicted molar refractivity (Wildman–Crippen MR) is 61.7 cm³/mol. The van der Waals surface area contributed by atoms with Crippen molar-refractivity contribution in [1.82, 2.24) is 0 Å². The topological polar surface area (TPSA) is 36.9 Å². The van der Waals surface area contributed by atoms with E-state index in [0.29, 0.717) is 0 Å². The maximum absolute atomic E-state index is 5.89. The first-order valence-electron chi connectivity index (χ1n) is 4.91. The average Bonchev–Trinajstić information content (AvgIpc) is 1.74. The van der Waals surface area contributed by atoms with Crippen LogP contribution < -0.4 is 0 Å². The third-order valence-corrected chi connectivity index (χ3v) is 11.8. The van der Waals surface area contributed by atoms with Gasteiger partial charge in [0, 0.05) is 6.55 Å². The summed E-state index contributed by atoms with van der Waals surface area (Å²) in [5.74, 6) is 0. The van der Waals surface area contributed by atoms with Crippen LogP contribution in [0.1, 0.15) is 20.8 Å². The molecule has 4 nitrogen and oxygen atoms in total. The van der Waals surface area contributed by atoms with Crippen LogP contribution in [0.5, 0.6) is 0 Å². The fraction of sp³-hybridized carbons (Fsp3) is 1.00. The van der Waals surface area contributed by atoms with Crippen molar-refractivity contribution in [1.29, 1.82) is 0 Å². The lowest BCUT2D eigenvalue weighted by Gasteiger charge is -2.40. The van der Waals surface area contributed by atoms with Crippen LogP contribution in [0.4, 0.5) is 0 Å². The Labute approximate surface area is 90.6 Å². The van der Waals surface area contributed by atoms with E-state index in [-0.39, 0.29) is 5.60 Å². The molecule has 0 bridgehead atoms. The van der Waals surface area contributed by atoms with Crippen LogP contribution in [-0.4, -0.2) is 33.0 Å². The molecule has 1 saturated heterocycles. The molecule has 1 fully saturated rings. The van der Waals surface area contributed by atoms with Crippen LogP contribution in [0.2, 0.25) is 19.6 Å². The van der Waals surface area contributed by atoms with E-state index >= 15 is 0 Å². The third kappa shape index (κ3) is 3.93. The third-order valence-electron chi connectivity index (χ3n) is 1.63. The van der Waals surface area contributed by atoms with Crippen molar-refractivity contribution in [3.8, 4) is 0 Å². The molecule has 84 valence electrons. The molecule has 1 heterocycles. The summed E-state index contributed by atoms with van der Waals surface area (Å²) in [4.78, 5) is 0. The van der Waals surface area contributed by atoms with Gasteiger partial charge in [0.2, 0.25) is 0 Å². The zero-order chi connectivity index (χ0) is 11.0. The van der Waals surface area contributed by atoms with Gasteiger partial charge in [-0.3, -0.25) is 0 Å². The highest BCUT2D eigenvalue weighted by Gasteiger charge is 2.46. The molecule has 0 amide bonds. The lowest BCUT2D eigenvalue weighted by atomic mass is 10.2. The summed E-state index contributed by atoms with van der Waals surface area (Å²) in [7, 11) is -5.39. The second-order valence-electron chi connectivity index (χ2n) is 4.58. The fourth-order valence-corrected chi connectivity index (χ4v) is 12.2. The number of rotatable bonds is 1. The van der Waals surface area contributed by atoms with Crippen molar-refractivity contribution in [3.05, 3.63) is 0 Å². The molecule has 0 aliphatic carbocycles. The quantitative estimate of drug-likeness (QED) is 0.656. The standard InChI is InChI=1S/C7H20O4Si3/c1-7(2,3)8-14(6)10-12(4)9-13(5)11-14/h12-13H,1-6H3. The Balaban J connectivity index is 2.63. The molecule has 0 aromatic heterocycles. The Morgan fingerprint density at radius 2 is 1.50 bits per heavy atom. The second-order valence-corrected chi connectivity index (χ2v) is 11.8. The summed E-state index contributed by atoms with van der Waals surface area (Å²) in [6.07, 6.45) is 0. The van der Waals surface area contributed by atoms with Gasteiger partial charge in [0.1, 0.15) is 0 Å². The van der Waals surface area contributed by atoms with Crippen molar-refractivity contribution in [2.24, 2.45) is 0 Å². The smallest absolute Gasteiger partial charge is 0.420 e. The van der Waals surface area contributed by atoms with E-state index in [0.717, 1.165) is 0 Å². The normalized spacial score (nSPS) is 39.9. The molecule has 2 unspecified atom stereocenters. The Bertz CT molecular complexity index is 196. The summed E-state index contributed by atoms with van der Waals surface area (Å²) >= 11 is 0. The van der Waals surface area contributed by atoms with E-state index in [1.807, 2.05) is 40.4 Å². The van der Waals surface area contributed by atoms with Crippen molar-refractivity contribution in [3.63, 3.8) is 0 Å². The summed E-state index contributed by atoms with van der Waals surface area (Å²) in [6, 6.07) is 0. The van der Waals surface area contributed by atoms with E-state index in [1.165, 1.54) is 0 Å². The minimum Gasteiger partial charge on any atom is -0.420 e. The molecule has 1 rings (SSSR count). The lowest BCUT2D eigenvalue weighted by Crippen LogP contribution is -2.59. The molecule has 0 aromatic rings. The van der Waals surface area contributed by atoms with Crippen LogP contribution in [0.25, 0.3) is 0 Å². The average molecular weight is 252 g/mol. The summed E-state index contributed by atoms with van der Waals surface area (Å²) < 4.78 is 23.0. The van der Waals surface area contributed by atoms with Crippen LogP contribution >= 0.6 is 0 Å². The van der Waals surface area contributed by atoms with Crippen molar-refractivity contribution in [2.45, 2.75) is 46.0 Å². The molecular weight excluding hydrogens is 232 g/mol. The van der Waals surface area contributed by atoms with Crippen molar-refractivity contribution < 1.29 is 16.8 Å². The minimum absolute atomic E-state index is 0.208. The van der Waals surface area contributed by atoms with Crippen LogP contribution in [-0.2, 0) is 16.8 Å². The van der Waals surface area contributed by atoms with Gasteiger partial charge in [-0.15, -0.1) is 0 Å². The predicted octanol–water partition coefficient (Wildman–Crippen LogP) is 1.13. The largest absolute Gasteiger partial charge is 0.479 e. The van der Waals surface area contributed by atoms with Gasteiger partial charge in [-0.2, -0.15) is 0 Å². The zero-order valence-electron chi connectivity index (χ0n) is 9.79. The van der Waals surface area contributed by atoms with Gasteiger partial charge in [-0.25, -0.2) is 0 Å². The van der Waals surface area contributed by atoms with Crippen LogP contribution in [0, 0.1) is 0 Å². The highest BCUT2D eigenvalue weighted by atomic mass is 28.5. The Morgan fingerprint density at radius 1 is 1.07 bits per heavy atom. The maximum atomic E-state index is 5.89. The molecule has 0 aromatic carbocycles. The van der Waals surface area contributed by atoms with Gasteiger partial charge < -0.3 is 16.8 Å². The number of hydrogen-bond donors (Lipinski definition) is 0. The Kier molecular flexibility index (Phi) is 3.73. The SMILES string of the molecule is C[SiH]1O[SiH](C)O[Si](C)(OC(C)(C)C)O1. The molecule has 1 aliphatic rings. The molecule has 0 spiro atoms. The molecular formula is C7H20O4Si3. The zero-order valence-corrected chi connectivity index (χ0v) is 13.1. The van der Waals surface area contributed by atoms with E-state index in [1.54, 1.807) is 0 Å². The van der Waals surface area contributed by atoms with Crippen molar-refractivity contribution >= 4 is 27.4 Å². The molecule has 1 aliphatic heterocycles. The summed E-state index contributed by atoms with van der Waals surface area (Å²) in [5.41, 5.74) is -0.208. The first kappa shape index (κ1) is 12.6. The van der Waals surface area contributed by atoms with E-state index < -0.39 is 27.4 Å². The van der Waals surface area contributed by atoms with E-state index in [4.69, 9.17) is 16.8 Å². The van der Waals surface area contributed by atoms with Gasteiger partial charge in [0.05, 0.1) is 5.60 Å². The van der Waals surface area contributed by atoms with Crippen LogP contribution in [0.3, 0.4) is 0 Å². The Morgan fingerprint density at radius 3 is 1.86 bits per heavy atom. The molecule has 2 atom stereocenters. The first-order chi connectivity index (χ1) is 6.20. The number of hydrogen-bond acceptors (Lipinski definition) is 4. The highest BCUT2D eigenvalue weighted by molar-refractivity contribution is 6.78. The highest BCUT2D eigenvalue weighted by Crippen LogP contribution is 2.24. The summed E-state index contributed by atoms with van der Waals surface area (Å²) in [6.45, 7) is 12.1. The molecule has 7 heteroatoms. The molecule has 0 saturated carbocycles. The molecule has 0 N–H and O–H groups in total. The molecule has 14 heavy (non-hydrogen) atoms. The van der Waals surface area contributed by atoms with Gasteiger partial charge in [0.25, 0.3) is 0 Å². The minimum atomic E-state index is -2.40. The van der Waals surface area contributed by atoms with Crippen LogP contribution in [0.15, 0.2) is 0 Å². The fourth-order valence-electron chi connectivity index (χ4n) is 1.56. The first-order valence-corrected chi connectivity index (χ1v) is 11.3. The monoisotopic (exact) mass is 252 g/mol. The molecule has 0 radical (unpaired) electrons. The van der Waals surface area contributed by atoms with Gasteiger partial charge in [-0.05, 0) is 33.9 Å². The second kappa shape index (κ2) is 4.16.